The lowest BCUT2D eigenvalue weighted by Crippen LogP contribution is -2.17. The third-order valence-electron chi connectivity index (χ3n) is 1.10. The molecule has 1 rings (SSSR count). The molecule has 0 saturated heterocycles. The molecule has 0 aliphatic rings. The second kappa shape index (κ2) is 3.04. The molecule has 0 unspecified atom stereocenters. The van der Waals surface area contributed by atoms with Gasteiger partial charge in [-0.15, -0.1) is 0 Å². The van der Waals surface area contributed by atoms with Crippen molar-refractivity contribution in [2.45, 2.75) is 0 Å². The lowest BCUT2D eigenvalue weighted by molar-refractivity contribution is 0.602. The maximum Gasteiger partial charge on any atom is 0.329 e. The third kappa shape index (κ3) is 1.49. The normalized spacial score (nSPS) is 9.50. The van der Waals surface area contributed by atoms with Gasteiger partial charge < -0.3 is 5.02 Å². The van der Waals surface area contributed by atoms with Crippen LogP contribution in [0.5, 0.6) is 0 Å². The highest BCUT2D eigenvalue weighted by molar-refractivity contribution is 6.45. The van der Waals surface area contributed by atoms with Crippen LogP contribution in [0.2, 0.25) is 5.02 Å². The molecule has 0 spiro atoms. The Balaban J connectivity index is 3.07. The summed E-state index contributed by atoms with van der Waals surface area (Å²) in [4.78, 5) is 0. The average Bonchev–Trinajstić information content (AvgIpc) is 1.88. The fourth-order valence-corrected chi connectivity index (χ4v) is 0.765. The van der Waals surface area contributed by atoms with Gasteiger partial charge in [0.2, 0.25) is 0 Å². The van der Waals surface area contributed by atoms with Gasteiger partial charge in [-0.2, -0.15) is 0 Å². The maximum absolute atomic E-state index is 12.6. The summed E-state index contributed by atoms with van der Waals surface area (Å²) in [5.41, 5.74) is 0.143. The standard InChI is InChI=1S/C6H4BClFO/c8-4-1-2-5(7-10)6(9)3-4/h1-3,10H. The van der Waals surface area contributed by atoms with Gasteiger partial charge in [0.25, 0.3) is 0 Å². The summed E-state index contributed by atoms with van der Waals surface area (Å²) in [5, 5.41) is 8.72. The molecule has 0 aliphatic heterocycles. The number of rotatable bonds is 1. The molecule has 0 atom stereocenters. The molecule has 1 nitrogen and oxygen atoms in total. The number of hydrogen-bond donors (Lipinski definition) is 1. The summed E-state index contributed by atoms with van der Waals surface area (Å²) in [6, 6.07) is 4.05. The zero-order chi connectivity index (χ0) is 7.56. The first kappa shape index (κ1) is 7.57. The number of benzene rings is 1. The molecule has 4 heteroatoms. The van der Waals surface area contributed by atoms with Crippen molar-refractivity contribution in [3.63, 3.8) is 0 Å². The molecular formula is C6H4BClFO. The first-order valence-corrected chi connectivity index (χ1v) is 3.04. The second-order valence-electron chi connectivity index (χ2n) is 1.79. The van der Waals surface area contributed by atoms with E-state index >= 15 is 0 Å². The molecule has 0 heterocycles. The van der Waals surface area contributed by atoms with Crippen LogP contribution in [0.15, 0.2) is 18.2 Å². The van der Waals surface area contributed by atoms with Crippen LogP contribution in [0.25, 0.3) is 0 Å². The van der Waals surface area contributed by atoms with Crippen LogP contribution in [0.3, 0.4) is 0 Å². The van der Waals surface area contributed by atoms with Crippen LogP contribution >= 0.6 is 11.6 Å². The van der Waals surface area contributed by atoms with E-state index in [1.165, 1.54) is 12.1 Å². The van der Waals surface area contributed by atoms with Gasteiger partial charge in [0, 0.05) is 5.02 Å². The predicted octanol–water partition coefficient (Wildman–Crippen LogP) is 0.716. The van der Waals surface area contributed by atoms with Gasteiger partial charge in [-0.05, 0) is 17.6 Å². The fourth-order valence-electron chi connectivity index (χ4n) is 0.606. The van der Waals surface area contributed by atoms with Crippen LogP contribution in [-0.4, -0.2) is 12.5 Å². The quantitative estimate of drug-likeness (QED) is 0.596. The summed E-state index contributed by atoms with van der Waals surface area (Å²) in [6.45, 7) is 0. The van der Waals surface area contributed by atoms with Crippen molar-refractivity contribution in [3.05, 3.63) is 29.0 Å². The van der Waals surface area contributed by atoms with E-state index in [1.807, 2.05) is 0 Å². The van der Waals surface area contributed by atoms with E-state index in [0.29, 0.717) is 12.5 Å². The van der Waals surface area contributed by atoms with E-state index in [0.717, 1.165) is 6.07 Å². The summed E-state index contributed by atoms with van der Waals surface area (Å²) in [6.07, 6.45) is 0. The highest BCUT2D eigenvalue weighted by Gasteiger charge is 2.01. The lowest BCUT2D eigenvalue weighted by atomic mass is 9.88. The van der Waals surface area contributed by atoms with Crippen molar-refractivity contribution in [3.8, 4) is 0 Å². The molecule has 0 amide bonds. The summed E-state index contributed by atoms with van der Waals surface area (Å²) in [7, 11) is 0.700. The Kier molecular flexibility index (Phi) is 2.30. The number of hydrogen-bond acceptors (Lipinski definition) is 1. The van der Waals surface area contributed by atoms with E-state index in [1.54, 1.807) is 0 Å². The first-order valence-electron chi connectivity index (χ1n) is 2.66. The largest absolute Gasteiger partial charge is 0.450 e. The Hall–Kier alpha value is -0.535. The van der Waals surface area contributed by atoms with E-state index in [2.05, 4.69) is 0 Å². The van der Waals surface area contributed by atoms with Gasteiger partial charge >= 0.3 is 7.48 Å². The SMILES string of the molecule is O[B]c1ccc(Cl)cc1F. The Morgan fingerprint density at radius 2 is 2.20 bits per heavy atom. The van der Waals surface area contributed by atoms with Gasteiger partial charge in [-0.25, -0.2) is 4.39 Å². The smallest absolute Gasteiger partial charge is 0.329 e. The summed E-state index contributed by atoms with van der Waals surface area (Å²) in [5.74, 6) is -0.519. The maximum atomic E-state index is 12.6. The van der Waals surface area contributed by atoms with Gasteiger partial charge in [0.15, 0.2) is 0 Å². The zero-order valence-electron chi connectivity index (χ0n) is 5.01. The van der Waals surface area contributed by atoms with Gasteiger partial charge in [-0.3, -0.25) is 0 Å². The van der Waals surface area contributed by atoms with Crippen LogP contribution in [0, 0.1) is 5.82 Å². The first-order chi connectivity index (χ1) is 4.74. The van der Waals surface area contributed by atoms with E-state index in [-0.39, 0.29) is 5.46 Å². The molecule has 0 saturated carbocycles. The molecule has 0 aliphatic carbocycles. The molecule has 1 aromatic rings. The van der Waals surface area contributed by atoms with E-state index < -0.39 is 5.82 Å². The molecule has 1 N–H and O–H groups in total. The lowest BCUT2D eigenvalue weighted by Gasteiger charge is -1.95. The molecule has 51 valence electrons. The van der Waals surface area contributed by atoms with Crippen molar-refractivity contribution in [2.75, 3.05) is 0 Å². The molecule has 0 aromatic heterocycles. The zero-order valence-corrected chi connectivity index (χ0v) is 5.77. The van der Waals surface area contributed by atoms with Crippen molar-refractivity contribution in [1.29, 1.82) is 0 Å². The summed E-state index contributed by atoms with van der Waals surface area (Å²) >= 11 is 5.44. The third-order valence-corrected chi connectivity index (χ3v) is 1.34. The van der Waals surface area contributed by atoms with Crippen molar-refractivity contribution < 1.29 is 9.41 Å². The topological polar surface area (TPSA) is 20.2 Å². The Morgan fingerprint density at radius 3 is 2.70 bits per heavy atom. The molecule has 10 heavy (non-hydrogen) atoms. The highest BCUT2D eigenvalue weighted by Crippen LogP contribution is 2.06. The van der Waals surface area contributed by atoms with Gasteiger partial charge in [-0.1, -0.05) is 17.7 Å². The second-order valence-corrected chi connectivity index (χ2v) is 2.23. The van der Waals surface area contributed by atoms with Gasteiger partial charge in [0.1, 0.15) is 5.82 Å². The molecular weight excluding hydrogens is 153 g/mol. The fraction of sp³-hybridized carbons (Fsp3) is 0. The predicted molar refractivity (Wildman–Crippen MR) is 39.0 cm³/mol. The van der Waals surface area contributed by atoms with Crippen LogP contribution in [0.1, 0.15) is 0 Å². The molecule has 1 radical (unpaired) electrons. The van der Waals surface area contributed by atoms with Crippen molar-refractivity contribution >= 4 is 24.5 Å². The minimum Gasteiger partial charge on any atom is -0.450 e. The van der Waals surface area contributed by atoms with Crippen molar-refractivity contribution in [1.82, 2.24) is 0 Å². The van der Waals surface area contributed by atoms with Crippen molar-refractivity contribution in [2.24, 2.45) is 0 Å². The van der Waals surface area contributed by atoms with Crippen LogP contribution in [-0.2, 0) is 0 Å². The Morgan fingerprint density at radius 1 is 1.50 bits per heavy atom. The van der Waals surface area contributed by atoms with Gasteiger partial charge in [0.05, 0.1) is 0 Å². The minimum atomic E-state index is -0.519. The molecule has 1 aromatic carbocycles. The minimum absolute atomic E-state index is 0.143. The van der Waals surface area contributed by atoms with Crippen LogP contribution in [0.4, 0.5) is 4.39 Å². The Labute approximate surface area is 63.7 Å². The Bertz CT molecular complexity index is 241. The van der Waals surface area contributed by atoms with Crippen LogP contribution < -0.4 is 5.46 Å². The monoisotopic (exact) mass is 157 g/mol. The summed E-state index contributed by atoms with van der Waals surface area (Å²) < 4.78 is 12.6. The van der Waals surface area contributed by atoms with E-state index in [9.17, 15) is 4.39 Å². The number of halogens is 2. The highest BCUT2D eigenvalue weighted by atomic mass is 35.5. The van der Waals surface area contributed by atoms with E-state index in [4.69, 9.17) is 16.6 Å². The molecule has 0 bridgehead atoms. The average molecular weight is 157 g/mol. The molecule has 0 fully saturated rings.